The first kappa shape index (κ1) is 28.4. The zero-order chi connectivity index (χ0) is 33.5. The van der Waals surface area contributed by atoms with Gasteiger partial charge in [0.25, 0.3) is 0 Å². The summed E-state index contributed by atoms with van der Waals surface area (Å²) in [6.45, 7) is 0. The summed E-state index contributed by atoms with van der Waals surface area (Å²) in [5.41, 5.74) is 12.8. The summed E-state index contributed by atoms with van der Waals surface area (Å²) in [7, 11) is 0. The molecule has 6 aromatic carbocycles. The van der Waals surface area contributed by atoms with Crippen LogP contribution in [0.15, 0.2) is 182 Å². The Kier molecular flexibility index (Phi) is 6.00. The first-order valence-corrected chi connectivity index (χ1v) is 17.8. The van der Waals surface area contributed by atoms with Crippen LogP contribution >= 0.6 is 0 Å². The highest BCUT2D eigenvalue weighted by atomic mass is 15.1. The van der Waals surface area contributed by atoms with Crippen LogP contribution in [0.3, 0.4) is 0 Å². The molecule has 0 amide bonds. The standard InChI is InChI=1S/C48H33N3/c1-3-15-32(16-4-1)42-27-34(28-43(49-42)33-17-5-2-6-18-33)40-29-35(50-44-23-11-7-19-36(44)37-20-8-12-24-45(37)50)30-48(31-41(40)48)51-46-25-13-9-21-38(46)39-22-10-14-26-47(39)51/h1-30,41H,31H2. The molecule has 2 aliphatic carbocycles. The minimum atomic E-state index is -0.238. The molecule has 0 radical (unpaired) electrons. The predicted octanol–water partition coefficient (Wildman–Crippen LogP) is 12.0. The molecule has 0 aliphatic heterocycles. The molecule has 0 saturated heterocycles. The van der Waals surface area contributed by atoms with Crippen LogP contribution in [0.2, 0.25) is 0 Å². The molecule has 240 valence electrons. The first-order valence-electron chi connectivity index (χ1n) is 17.8. The van der Waals surface area contributed by atoms with Crippen LogP contribution in [0, 0.1) is 5.92 Å². The molecule has 9 aromatic rings. The van der Waals surface area contributed by atoms with Crippen molar-refractivity contribution in [3.63, 3.8) is 0 Å². The number of hydrogen-bond acceptors (Lipinski definition) is 1. The summed E-state index contributed by atoms with van der Waals surface area (Å²) in [5.74, 6) is 0.295. The summed E-state index contributed by atoms with van der Waals surface area (Å²) in [6, 6.07) is 61.4. The van der Waals surface area contributed by atoms with Crippen LogP contribution in [0.25, 0.3) is 77.4 Å². The van der Waals surface area contributed by atoms with E-state index in [4.69, 9.17) is 4.98 Å². The molecule has 1 saturated carbocycles. The van der Waals surface area contributed by atoms with Crippen molar-refractivity contribution in [1.29, 1.82) is 0 Å². The summed E-state index contributed by atoms with van der Waals surface area (Å²) in [6.07, 6.45) is 6.07. The fourth-order valence-corrected chi connectivity index (χ4v) is 8.87. The highest BCUT2D eigenvalue weighted by Gasteiger charge is 2.59. The smallest absolute Gasteiger partial charge is 0.0733 e. The average molecular weight is 652 g/mol. The van der Waals surface area contributed by atoms with Crippen LogP contribution in [0.4, 0.5) is 0 Å². The van der Waals surface area contributed by atoms with Crippen LogP contribution < -0.4 is 0 Å². The van der Waals surface area contributed by atoms with Gasteiger partial charge in [0.15, 0.2) is 0 Å². The third kappa shape index (κ3) is 4.22. The van der Waals surface area contributed by atoms with Crippen molar-refractivity contribution >= 4 is 54.9 Å². The molecule has 0 bridgehead atoms. The molecule has 0 spiro atoms. The zero-order valence-corrected chi connectivity index (χ0v) is 27.9. The molecule has 51 heavy (non-hydrogen) atoms. The van der Waals surface area contributed by atoms with Gasteiger partial charge in [0.05, 0.1) is 28.0 Å². The van der Waals surface area contributed by atoms with Gasteiger partial charge in [-0.3, -0.25) is 0 Å². The van der Waals surface area contributed by atoms with Crippen molar-refractivity contribution in [2.75, 3.05) is 0 Å². The van der Waals surface area contributed by atoms with Crippen molar-refractivity contribution in [3.8, 4) is 22.5 Å². The van der Waals surface area contributed by atoms with Gasteiger partial charge < -0.3 is 9.13 Å². The molecule has 2 unspecified atom stereocenters. The topological polar surface area (TPSA) is 22.8 Å². The van der Waals surface area contributed by atoms with E-state index in [0.717, 1.165) is 28.9 Å². The Balaban J connectivity index is 1.22. The minimum Gasteiger partial charge on any atom is -0.330 e. The molecule has 11 rings (SSSR count). The molecule has 3 aromatic heterocycles. The minimum absolute atomic E-state index is 0.238. The Labute approximate surface area is 296 Å². The highest BCUT2D eigenvalue weighted by molar-refractivity contribution is 6.12. The summed E-state index contributed by atoms with van der Waals surface area (Å²) in [4.78, 5) is 5.25. The Morgan fingerprint density at radius 3 is 1.41 bits per heavy atom. The van der Waals surface area contributed by atoms with Gasteiger partial charge in [-0.2, -0.15) is 0 Å². The van der Waals surface area contributed by atoms with E-state index < -0.39 is 0 Å². The van der Waals surface area contributed by atoms with E-state index in [1.54, 1.807) is 0 Å². The highest BCUT2D eigenvalue weighted by Crippen LogP contribution is 2.63. The number of benzene rings is 6. The molecule has 3 heterocycles. The normalized spacial score (nSPS) is 18.2. The van der Waals surface area contributed by atoms with Crippen LogP contribution in [-0.2, 0) is 5.54 Å². The van der Waals surface area contributed by atoms with Gasteiger partial charge in [-0.1, -0.05) is 133 Å². The van der Waals surface area contributed by atoms with Crippen LogP contribution in [0.1, 0.15) is 12.0 Å². The lowest BCUT2D eigenvalue weighted by Gasteiger charge is -2.27. The van der Waals surface area contributed by atoms with Gasteiger partial charge in [-0.15, -0.1) is 0 Å². The van der Waals surface area contributed by atoms with E-state index in [9.17, 15) is 0 Å². The van der Waals surface area contributed by atoms with Gasteiger partial charge >= 0.3 is 0 Å². The average Bonchev–Trinajstić information content (AvgIpc) is 3.71. The number of fused-ring (bicyclic) bond motifs is 7. The lowest BCUT2D eigenvalue weighted by atomic mass is 9.90. The Hall–Kier alpha value is -6.45. The van der Waals surface area contributed by atoms with Crippen molar-refractivity contribution < 1.29 is 0 Å². The summed E-state index contributed by atoms with van der Waals surface area (Å²) in [5, 5.41) is 5.15. The van der Waals surface area contributed by atoms with Crippen molar-refractivity contribution in [2.45, 2.75) is 12.0 Å². The number of allylic oxidation sites excluding steroid dienone is 4. The first-order chi connectivity index (χ1) is 25.3. The number of rotatable bonds is 5. The van der Waals surface area contributed by atoms with Gasteiger partial charge in [-0.25, -0.2) is 4.98 Å². The third-order valence-electron chi connectivity index (χ3n) is 11.2. The molecule has 0 N–H and O–H groups in total. The maximum absolute atomic E-state index is 5.25. The summed E-state index contributed by atoms with van der Waals surface area (Å²) < 4.78 is 5.15. The van der Waals surface area contributed by atoms with E-state index in [0.29, 0.717) is 5.92 Å². The molecule has 2 aliphatic rings. The van der Waals surface area contributed by atoms with Gasteiger partial charge in [0, 0.05) is 55.3 Å². The maximum Gasteiger partial charge on any atom is 0.0733 e. The van der Waals surface area contributed by atoms with Crippen molar-refractivity contribution in [1.82, 2.24) is 14.1 Å². The second-order valence-electron chi connectivity index (χ2n) is 14.0. The molecule has 1 fully saturated rings. The Morgan fingerprint density at radius 1 is 0.471 bits per heavy atom. The largest absolute Gasteiger partial charge is 0.330 e. The van der Waals surface area contributed by atoms with Crippen LogP contribution in [-0.4, -0.2) is 14.1 Å². The molecule has 2 atom stereocenters. The molecular weight excluding hydrogens is 619 g/mol. The van der Waals surface area contributed by atoms with E-state index in [-0.39, 0.29) is 5.54 Å². The van der Waals surface area contributed by atoms with Crippen molar-refractivity contribution in [2.24, 2.45) is 5.92 Å². The zero-order valence-electron chi connectivity index (χ0n) is 27.9. The second-order valence-corrected chi connectivity index (χ2v) is 14.0. The van der Waals surface area contributed by atoms with Gasteiger partial charge in [0.2, 0.25) is 0 Å². The number of para-hydroxylation sites is 4. The van der Waals surface area contributed by atoms with Crippen LogP contribution in [0.5, 0.6) is 0 Å². The van der Waals surface area contributed by atoms with E-state index in [1.165, 1.54) is 60.4 Å². The van der Waals surface area contributed by atoms with Crippen molar-refractivity contribution in [3.05, 3.63) is 188 Å². The fraction of sp³-hybridized carbons (Fsp3) is 0.0625. The maximum atomic E-state index is 5.25. The molecule has 3 nitrogen and oxygen atoms in total. The Bertz CT molecular complexity index is 2720. The lowest BCUT2D eigenvalue weighted by molar-refractivity contribution is 0.606. The van der Waals surface area contributed by atoms with Gasteiger partial charge in [0.1, 0.15) is 0 Å². The number of pyridine rings is 1. The quantitative estimate of drug-likeness (QED) is 0.182. The molecule has 3 heteroatoms. The summed E-state index contributed by atoms with van der Waals surface area (Å²) >= 11 is 0. The third-order valence-corrected chi connectivity index (χ3v) is 11.2. The Morgan fingerprint density at radius 2 is 0.902 bits per heavy atom. The lowest BCUT2D eigenvalue weighted by Crippen LogP contribution is -2.21. The SMILES string of the molecule is C1=C(c2cc(-c3ccccc3)nc(-c3ccccc3)c2)C2CC2(n2c3ccccc3c3ccccc32)C=C1n1c2ccccc2c2ccccc21. The number of nitrogens with zero attached hydrogens (tertiary/aromatic N) is 3. The fourth-order valence-electron chi connectivity index (χ4n) is 8.87. The predicted molar refractivity (Wildman–Crippen MR) is 212 cm³/mol. The van der Waals surface area contributed by atoms with E-state index in [1.807, 2.05) is 0 Å². The van der Waals surface area contributed by atoms with E-state index >= 15 is 0 Å². The monoisotopic (exact) mass is 651 g/mol. The van der Waals surface area contributed by atoms with Gasteiger partial charge in [-0.05, 0) is 66.1 Å². The second kappa shape index (κ2) is 10.8. The number of aromatic nitrogens is 3. The van der Waals surface area contributed by atoms with E-state index in [2.05, 4.69) is 191 Å². The molecular formula is C48H33N3. The number of hydrogen-bond donors (Lipinski definition) is 0.